The molecule has 0 radical (unpaired) electrons. The van der Waals surface area contributed by atoms with Crippen molar-refractivity contribution in [3.8, 4) is 11.8 Å². The van der Waals surface area contributed by atoms with Crippen molar-refractivity contribution in [3.05, 3.63) is 67.7 Å². The summed E-state index contributed by atoms with van der Waals surface area (Å²) < 4.78 is 7.41. The minimum Gasteiger partial charge on any atom is -0.486 e. The Morgan fingerprint density at radius 2 is 1.90 bits per heavy atom. The van der Waals surface area contributed by atoms with E-state index in [-0.39, 0.29) is 12.5 Å². The number of thiocarbonyl (C=S) groups is 1. The number of ether oxygens (including phenoxy) is 1. The first-order chi connectivity index (χ1) is 13.9. The minimum atomic E-state index is -0.110. The number of rotatable bonds is 5. The van der Waals surface area contributed by atoms with Gasteiger partial charge in [-0.15, -0.1) is 0 Å². The molecular formula is C21H17Br2N3O2S. The quantitative estimate of drug-likeness (QED) is 0.395. The van der Waals surface area contributed by atoms with Crippen LogP contribution in [0.4, 0.5) is 0 Å². The van der Waals surface area contributed by atoms with Crippen molar-refractivity contribution in [1.29, 1.82) is 5.26 Å². The fourth-order valence-corrected chi connectivity index (χ4v) is 4.72. The van der Waals surface area contributed by atoms with E-state index in [1.54, 1.807) is 29.0 Å². The van der Waals surface area contributed by atoms with Crippen molar-refractivity contribution in [3.63, 3.8) is 0 Å². The standard InChI is InChI=1S/C21H17Br2N3O2S/c1-3-26-20(27)18(25(2)21(26)29)10-13-8-16(22)19(17(23)9-13)28-12-15-7-5-4-6-14(15)11-24/h4-10H,3,12H2,1-2H3/b18-10-. The third kappa shape index (κ3) is 4.37. The van der Waals surface area contributed by atoms with Crippen LogP contribution >= 0.6 is 44.1 Å². The Kier molecular flexibility index (Phi) is 6.73. The second kappa shape index (κ2) is 9.08. The van der Waals surface area contributed by atoms with Gasteiger partial charge in [-0.05, 0) is 80.8 Å². The van der Waals surface area contributed by atoms with Crippen molar-refractivity contribution in [2.75, 3.05) is 13.6 Å². The average Bonchev–Trinajstić information content (AvgIpc) is 2.90. The fourth-order valence-electron chi connectivity index (χ4n) is 2.95. The first-order valence-electron chi connectivity index (χ1n) is 8.78. The summed E-state index contributed by atoms with van der Waals surface area (Å²) in [6.07, 6.45) is 1.80. The normalized spacial score (nSPS) is 15.2. The van der Waals surface area contributed by atoms with E-state index >= 15 is 0 Å². The van der Waals surface area contributed by atoms with E-state index in [0.29, 0.717) is 28.7 Å². The van der Waals surface area contributed by atoms with Crippen LogP contribution in [0.3, 0.4) is 0 Å². The predicted molar refractivity (Wildman–Crippen MR) is 123 cm³/mol. The third-order valence-corrected chi connectivity index (χ3v) is 6.17. The van der Waals surface area contributed by atoms with E-state index in [1.807, 2.05) is 37.3 Å². The molecule has 2 aromatic carbocycles. The number of halogens is 2. The van der Waals surface area contributed by atoms with Crippen LogP contribution in [0.1, 0.15) is 23.6 Å². The van der Waals surface area contributed by atoms with Crippen LogP contribution in [0, 0.1) is 11.3 Å². The van der Waals surface area contributed by atoms with Crippen molar-refractivity contribution >= 4 is 61.2 Å². The second-order valence-corrected chi connectivity index (χ2v) is 8.37. The van der Waals surface area contributed by atoms with Crippen LogP contribution in [-0.2, 0) is 11.4 Å². The summed E-state index contributed by atoms with van der Waals surface area (Å²) in [4.78, 5) is 15.9. The first-order valence-corrected chi connectivity index (χ1v) is 10.8. The number of hydrogen-bond acceptors (Lipinski definition) is 4. The van der Waals surface area contributed by atoms with E-state index in [1.165, 1.54) is 0 Å². The zero-order valence-corrected chi connectivity index (χ0v) is 19.8. The van der Waals surface area contributed by atoms with E-state index in [9.17, 15) is 10.1 Å². The number of carbonyl (C=O) groups excluding carboxylic acids is 1. The average molecular weight is 535 g/mol. The lowest BCUT2D eigenvalue weighted by molar-refractivity contribution is -0.122. The highest BCUT2D eigenvalue weighted by Crippen LogP contribution is 2.36. The highest BCUT2D eigenvalue weighted by molar-refractivity contribution is 9.11. The topological polar surface area (TPSA) is 56.6 Å². The predicted octanol–water partition coefficient (Wildman–Crippen LogP) is 5.08. The minimum absolute atomic E-state index is 0.110. The molecule has 1 fully saturated rings. The molecule has 0 unspecified atom stereocenters. The SMILES string of the molecule is CCN1C(=O)/C(=C/c2cc(Br)c(OCc3ccccc3C#N)c(Br)c2)N(C)C1=S. The molecule has 0 aromatic heterocycles. The van der Waals surface area contributed by atoms with Gasteiger partial charge in [-0.2, -0.15) is 5.26 Å². The summed E-state index contributed by atoms with van der Waals surface area (Å²) in [5.74, 6) is 0.511. The second-order valence-electron chi connectivity index (χ2n) is 6.29. The Bertz CT molecular complexity index is 1040. The summed E-state index contributed by atoms with van der Waals surface area (Å²) in [5, 5.41) is 9.72. The van der Waals surface area contributed by atoms with Crippen LogP contribution in [0.25, 0.3) is 6.08 Å². The number of hydrogen-bond donors (Lipinski definition) is 0. The molecule has 1 heterocycles. The lowest BCUT2D eigenvalue weighted by Crippen LogP contribution is -2.30. The van der Waals surface area contributed by atoms with Crippen LogP contribution in [0.2, 0.25) is 0 Å². The molecule has 0 N–H and O–H groups in total. The number of benzene rings is 2. The summed E-state index contributed by atoms with van der Waals surface area (Å²) in [6.45, 7) is 2.69. The number of nitriles is 1. The number of nitrogens with zero attached hydrogens (tertiary/aromatic N) is 3. The smallest absolute Gasteiger partial charge is 0.276 e. The van der Waals surface area contributed by atoms with Gasteiger partial charge in [0, 0.05) is 19.2 Å². The van der Waals surface area contributed by atoms with Gasteiger partial charge >= 0.3 is 0 Å². The van der Waals surface area contributed by atoms with Gasteiger partial charge in [0.15, 0.2) is 5.11 Å². The van der Waals surface area contributed by atoms with Crippen LogP contribution in [0.15, 0.2) is 51.0 Å². The summed E-state index contributed by atoms with van der Waals surface area (Å²) >= 11 is 12.4. The molecule has 1 saturated heterocycles. The van der Waals surface area contributed by atoms with Gasteiger partial charge in [-0.25, -0.2) is 0 Å². The molecule has 5 nitrogen and oxygen atoms in total. The molecule has 1 amide bonds. The largest absolute Gasteiger partial charge is 0.486 e. The molecule has 3 rings (SSSR count). The number of amides is 1. The highest BCUT2D eigenvalue weighted by Gasteiger charge is 2.34. The van der Waals surface area contributed by atoms with Gasteiger partial charge in [0.1, 0.15) is 18.1 Å². The molecule has 0 aliphatic carbocycles. The maximum atomic E-state index is 12.6. The molecule has 0 atom stereocenters. The maximum absolute atomic E-state index is 12.6. The fraction of sp³-hybridized carbons (Fsp3) is 0.190. The summed E-state index contributed by atoms with van der Waals surface area (Å²) in [7, 11) is 1.79. The maximum Gasteiger partial charge on any atom is 0.276 e. The van der Waals surface area contributed by atoms with Gasteiger partial charge in [-0.1, -0.05) is 18.2 Å². The van der Waals surface area contributed by atoms with Crippen LogP contribution < -0.4 is 4.74 Å². The monoisotopic (exact) mass is 533 g/mol. The van der Waals surface area contributed by atoms with Gasteiger partial charge in [0.25, 0.3) is 5.91 Å². The lowest BCUT2D eigenvalue weighted by Gasteiger charge is -2.14. The Balaban J connectivity index is 1.86. The molecule has 8 heteroatoms. The van der Waals surface area contributed by atoms with E-state index in [4.69, 9.17) is 17.0 Å². The van der Waals surface area contributed by atoms with Crippen molar-refractivity contribution in [2.24, 2.45) is 0 Å². The first kappa shape index (κ1) is 21.5. The number of likely N-dealkylation sites (N-methyl/N-ethyl adjacent to an activating group) is 2. The Labute approximate surface area is 191 Å². The lowest BCUT2D eigenvalue weighted by atomic mass is 10.1. The molecule has 0 bridgehead atoms. The van der Waals surface area contributed by atoms with Crippen LogP contribution in [0.5, 0.6) is 5.75 Å². The Morgan fingerprint density at radius 1 is 1.24 bits per heavy atom. The van der Waals surface area contributed by atoms with Crippen LogP contribution in [-0.4, -0.2) is 34.4 Å². The van der Waals surface area contributed by atoms with E-state index < -0.39 is 0 Å². The van der Waals surface area contributed by atoms with Crippen molar-refractivity contribution in [2.45, 2.75) is 13.5 Å². The van der Waals surface area contributed by atoms with Crippen molar-refractivity contribution < 1.29 is 9.53 Å². The zero-order chi connectivity index (χ0) is 21.1. The molecule has 1 aliphatic heterocycles. The Hall–Kier alpha value is -2.21. The molecule has 0 spiro atoms. The van der Waals surface area contributed by atoms with Gasteiger partial charge in [0.05, 0.1) is 20.6 Å². The molecule has 148 valence electrons. The molecular weight excluding hydrogens is 518 g/mol. The summed E-state index contributed by atoms with van der Waals surface area (Å²) in [5.41, 5.74) is 2.74. The molecule has 0 saturated carbocycles. The highest BCUT2D eigenvalue weighted by atomic mass is 79.9. The molecule has 1 aliphatic rings. The van der Waals surface area contributed by atoms with E-state index in [2.05, 4.69) is 37.9 Å². The molecule has 29 heavy (non-hydrogen) atoms. The Morgan fingerprint density at radius 3 is 2.48 bits per heavy atom. The third-order valence-electron chi connectivity index (χ3n) is 4.49. The number of carbonyl (C=O) groups is 1. The van der Waals surface area contributed by atoms with Gasteiger partial charge in [0.2, 0.25) is 0 Å². The van der Waals surface area contributed by atoms with Gasteiger partial charge in [-0.3, -0.25) is 9.69 Å². The summed E-state index contributed by atoms with van der Waals surface area (Å²) in [6, 6.07) is 13.2. The van der Waals surface area contributed by atoms with Crippen molar-refractivity contribution in [1.82, 2.24) is 9.80 Å². The van der Waals surface area contributed by atoms with E-state index in [0.717, 1.165) is 20.1 Å². The zero-order valence-electron chi connectivity index (χ0n) is 15.8. The van der Waals surface area contributed by atoms with Gasteiger partial charge < -0.3 is 9.64 Å². The molecule has 2 aromatic rings.